The molecule has 1 amide bonds. The van der Waals surface area contributed by atoms with Crippen LogP contribution in [-0.4, -0.2) is 48.2 Å². The SMILES string of the molecule is CCCNCC(=O)N(CCO)C1CCCC1. The molecule has 0 aliphatic heterocycles. The second-order valence-electron chi connectivity index (χ2n) is 4.43. The first kappa shape index (κ1) is 13.5. The smallest absolute Gasteiger partial charge is 0.236 e. The Morgan fingerprint density at radius 2 is 2.12 bits per heavy atom. The van der Waals surface area contributed by atoms with Gasteiger partial charge in [-0.3, -0.25) is 4.79 Å². The van der Waals surface area contributed by atoms with E-state index < -0.39 is 0 Å². The largest absolute Gasteiger partial charge is 0.395 e. The molecular formula is C12H24N2O2. The molecule has 0 heterocycles. The molecular weight excluding hydrogens is 204 g/mol. The summed E-state index contributed by atoms with van der Waals surface area (Å²) in [7, 11) is 0. The van der Waals surface area contributed by atoms with Crippen molar-refractivity contribution in [3.8, 4) is 0 Å². The second-order valence-corrected chi connectivity index (χ2v) is 4.43. The maximum atomic E-state index is 11.9. The maximum absolute atomic E-state index is 11.9. The molecule has 0 saturated heterocycles. The summed E-state index contributed by atoms with van der Waals surface area (Å²) in [5.41, 5.74) is 0. The van der Waals surface area contributed by atoms with Crippen LogP contribution in [0.2, 0.25) is 0 Å². The van der Waals surface area contributed by atoms with Crippen LogP contribution in [0.3, 0.4) is 0 Å². The van der Waals surface area contributed by atoms with E-state index in [1.54, 1.807) is 0 Å². The number of hydrogen-bond donors (Lipinski definition) is 2. The lowest BCUT2D eigenvalue weighted by atomic mass is 10.2. The quantitative estimate of drug-likeness (QED) is 0.632. The minimum Gasteiger partial charge on any atom is -0.395 e. The molecule has 4 nitrogen and oxygen atoms in total. The van der Waals surface area contributed by atoms with E-state index >= 15 is 0 Å². The van der Waals surface area contributed by atoms with Crippen molar-refractivity contribution in [1.29, 1.82) is 0 Å². The minimum atomic E-state index is 0.0655. The van der Waals surface area contributed by atoms with Crippen LogP contribution in [-0.2, 0) is 4.79 Å². The van der Waals surface area contributed by atoms with E-state index in [4.69, 9.17) is 5.11 Å². The number of rotatable bonds is 7. The van der Waals surface area contributed by atoms with E-state index in [-0.39, 0.29) is 12.5 Å². The number of amides is 1. The van der Waals surface area contributed by atoms with Crippen molar-refractivity contribution in [1.82, 2.24) is 10.2 Å². The first-order valence-electron chi connectivity index (χ1n) is 6.40. The fraction of sp³-hybridized carbons (Fsp3) is 0.917. The molecule has 1 rings (SSSR count). The lowest BCUT2D eigenvalue weighted by Crippen LogP contribution is -2.45. The van der Waals surface area contributed by atoms with E-state index in [0.29, 0.717) is 19.1 Å². The van der Waals surface area contributed by atoms with E-state index in [9.17, 15) is 4.79 Å². The van der Waals surface area contributed by atoms with Crippen LogP contribution >= 0.6 is 0 Å². The van der Waals surface area contributed by atoms with E-state index in [2.05, 4.69) is 12.2 Å². The summed E-state index contributed by atoms with van der Waals surface area (Å²) < 4.78 is 0. The van der Waals surface area contributed by atoms with Crippen molar-refractivity contribution in [3.05, 3.63) is 0 Å². The lowest BCUT2D eigenvalue weighted by molar-refractivity contribution is -0.133. The number of carbonyl (C=O) groups is 1. The van der Waals surface area contributed by atoms with Gasteiger partial charge in [-0.05, 0) is 25.8 Å². The number of nitrogens with one attached hydrogen (secondary N) is 1. The Morgan fingerprint density at radius 1 is 1.44 bits per heavy atom. The van der Waals surface area contributed by atoms with Gasteiger partial charge in [0, 0.05) is 12.6 Å². The van der Waals surface area contributed by atoms with E-state index in [1.807, 2.05) is 4.90 Å². The van der Waals surface area contributed by atoms with Crippen molar-refractivity contribution in [2.24, 2.45) is 0 Å². The average molecular weight is 228 g/mol. The van der Waals surface area contributed by atoms with Gasteiger partial charge in [-0.1, -0.05) is 19.8 Å². The third-order valence-electron chi connectivity index (χ3n) is 3.13. The molecule has 1 saturated carbocycles. The summed E-state index contributed by atoms with van der Waals surface area (Å²) in [6, 6.07) is 0.364. The first-order chi connectivity index (χ1) is 7.79. The molecule has 2 N–H and O–H groups in total. The Hall–Kier alpha value is -0.610. The predicted molar refractivity (Wildman–Crippen MR) is 64.2 cm³/mol. The normalized spacial score (nSPS) is 16.6. The molecule has 0 aromatic carbocycles. The van der Waals surface area contributed by atoms with Crippen molar-refractivity contribution in [2.75, 3.05) is 26.2 Å². The van der Waals surface area contributed by atoms with Crippen LogP contribution in [0.4, 0.5) is 0 Å². The number of hydrogen-bond acceptors (Lipinski definition) is 3. The Labute approximate surface area is 98.0 Å². The molecule has 0 atom stereocenters. The highest BCUT2D eigenvalue weighted by molar-refractivity contribution is 5.78. The summed E-state index contributed by atoms with van der Waals surface area (Å²) in [6.45, 7) is 3.92. The van der Waals surface area contributed by atoms with Crippen molar-refractivity contribution in [2.45, 2.75) is 45.1 Å². The van der Waals surface area contributed by atoms with Crippen LogP contribution in [0.15, 0.2) is 0 Å². The average Bonchev–Trinajstić information content (AvgIpc) is 2.79. The summed E-state index contributed by atoms with van der Waals surface area (Å²) in [5, 5.41) is 12.1. The molecule has 16 heavy (non-hydrogen) atoms. The summed E-state index contributed by atoms with van der Waals surface area (Å²) in [6.07, 6.45) is 5.65. The topological polar surface area (TPSA) is 52.6 Å². The molecule has 0 radical (unpaired) electrons. The van der Waals surface area contributed by atoms with Crippen LogP contribution in [0.1, 0.15) is 39.0 Å². The van der Waals surface area contributed by atoms with Crippen molar-refractivity contribution in [3.63, 3.8) is 0 Å². The Morgan fingerprint density at radius 3 is 2.69 bits per heavy atom. The van der Waals surface area contributed by atoms with Crippen LogP contribution in [0, 0.1) is 0 Å². The van der Waals surface area contributed by atoms with Gasteiger partial charge in [-0.2, -0.15) is 0 Å². The Balaban J connectivity index is 2.38. The third-order valence-corrected chi connectivity index (χ3v) is 3.13. The monoisotopic (exact) mass is 228 g/mol. The third kappa shape index (κ3) is 4.10. The zero-order chi connectivity index (χ0) is 11.8. The molecule has 0 bridgehead atoms. The fourth-order valence-electron chi connectivity index (χ4n) is 2.31. The summed E-state index contributed by atoms with van der Waals surface area (Å²) in [5.74, 6) is 0.134. The van der Waals surface area contributed by atoms with Crippen molar-refractivity contribution < 1.29 is 9.90 Å². The number of nitrogens with zero attached hydrogens (tertiary/aromatic N) is 1. The predicted octanol–water partition coefficient (Wildman–Crippen LogP) is 0.749. The van der Waals surface area contributed by atoms with E-state index in [0.717, 1.165) is 25.8 Å². The number of aliphatic hydroxyl groups is 1. The van der Waals surface area contributed by atoms with Gasteiger partial charge >= 0.3 is 0 Å². The minimum absolute atomic E-state index is 0.0655. The van der Waals surface area contributed by atoms with Crippen LogP contribution < -0.4 is 5.32 Å². The number of aliphatic hydroxyl groups excluding tert-OH is 1. The Kier molecular flexibility index (Phi) is 6.42. The molecule has 1 aliphatic carbocycles. The van der Waals surface area contributed by atoms with Gasteiger partial charge in [0.25, 0.3) is 0 Å². The highest BCUT2D eigenvalue weighted by atomic mass is 16.3. The zero-order valence-corrected chi connectivity index (χ0v) is 10.2. The molecule has 0 aromatic rings. The highest BCUT2D eigenvalue weighted by Crippen LogP contribution is 2.23. The summed E-state index contributed by atoms with van der Waals surface area (Å²) in [4.78, 5) is 13.8. The highest BCUT2D eigenvalue weighted by Gasteiger charge is 2.25. The van der Waals surface area contributed by atoms with E-state index in [1.165, 1.54) is 12.8 Å². The van der Waals surface area contributed by atoms with Crippen LogP contribution in [0.5, 0.6) is 0 Å². The molecule has 4 heteroatoms. The van der Waals surface area contributed by atoms with Gasteiger partial charge in [-0.25, -0.2) is 0 Å². The standard InChI is InChI=1S/C12H24N2O2/c1-2-7-13-10-12(16)14(8-9-15)11-5-3-4-6-11/h11,13,15H,2-10H2,1H3. The maximum Gasteiger partial charge on any atom is 0.236 e. The zero-order valence-electron chi connectivity index (χ0n) is 10.2. The Bertz CT molecular complexity index is 203. The van der Waals surface area contributed by atoms with Gasteiger partial charge in [0.1, 0.15) is 0 Å². The first-order valence-corrected chi connectivity index (χ1v) is 6.40. The molecule has 1 aliphatic rings. The van der Waals surface area contributed by atoms with Gasteiger partial charge in [0.05, 0.1) is 13.2 Å². The molecule has 94 valence electrons. The lowest BCUT2D eigenvalue weighted by Gasteiger charge is -2.28. The number of carbonyl (C=O) groups excluding carboxylic acids is 1. The van der Waals surface area contributed by atoms with Gasteiger partial charge in [0.15, 0.2) is 0 Å². The van der Waals surface area contributed by atoms with Crippen molar-refractivity contribution >= 4 is 5.91 Å². The molecule has 0 spiro atoms. The second kappa shape index (κ2) is 7.63. The summed E-state index contributed by atoms with van der Waals surface area (Å²) >= 11 is 0. The van der Waals surface area contributed by atoms with Crippen LogP contribution in [0.25, 0.3) is 0 Å². The van der Waals surface area contributed by atoms with Gasteiger partial charge in [0.2, 0.25) is 5.91 Å². The fourth-order valence-corrected chi connectivity index (χ4v) is 2.31. The molecule has 0 unspecified atom stereocenters. The molecule has 1 fully saturated rings. The van der Waals surface area contributed by atoms with Gasteiger partial charge in [-0.15, -0.1) is 0 Å². The molecule has 0 aromatic heterocycles. The van der Waals surface area contributed by atoms with Gasteiger partial charge < -0.3 is 15.3 Å².